The van der Waals surface area contributed by atoms with Crippen LogP contribution in [-0.4, -0.2) is 73.2 Å². The molecule has 0 saturated heterocycles. The van der Waals surface area contributed by atoms with Crippen LogP contribution < -0.4 is 0 Å². The third kappa shape index (κ3) is 3.87. The first-order valence-corrected chi connectivity index (χ1v) is 7.03. The minimum atomic E-state index is -8.58. The van der Waals surface area contributed by atoms with Crippen molar-refractivity contribution >= 4 is 0 Å². The first-order valence-electron chi connectivity index (χ1n) is 7.03. The van der Waals surface area contributed by atoms with Crippen molar-refractivity contribution in [3.63, 3.8) is 0 Å². The Morgan fingerprint density at radius 2 is 0.700 bits per heavy atom. The van der Waals surface area contributed by atoms with Gasteiger partial charge in [-0.3, -0.25) is 0 Å². The van der Waals surface area contributed by atoms with Crippen LogP contribution in [-0.2, 0) is 0 Å². The Morgan fingerprint density at radius 3 is 0.967 bits per heavy atom. The monoisotopic (exact) mass is 491 g/mol. The molecule has 0 bridgehead atoms. The SMILES string of the molecule is CN(C)CCC(F)(F)C(F)(F)C(F)(F)C(F)(F)C(F)(F)C(F)(F)C(F)(F)C(F)(F)F. The molecule has 0 unspecified atom stereocenters. The van der Waals surface area contributed by atoms with Gasteiger partial charge in [0.1, 0.15) is 0 Å². The van der Waals surface area contributed by atoms with Crippen LogP contribution in [0.15, 0.2) is 0 Å². The molecule has 1 nitrogen and oxygen atoms in total. The molecule has 0 saturated carbocycles. The number of halogens is 17. The zero-order chi connectivity index (χ0) is 25.0. The Hall–Kier alpha value is -1.23. The number of nitrogens with zero attached hydrogens (tertiary/aromatic N) is 1. The molecule has 0 radical (unpaired) electrons. The van der Waals surface area contributed by atoms with Gasteiger partial charge in [0, 0.05) is 13.0 Å². The minimum Gasteiger partial charge on any atom is -0.309 e. The van der Waals surface area contributed by atoms with Gasteiger partial charge in [-0.15, -0.1) is 0 Å². The van der Waals surface area contributed by atoms with Crippen molar-refractivity contribution in [2.24, 2.45) is 0 Å². The average molecular weight is 491 g/mol. The van der Waals surface area contributed by atoms with Crippen LogP contribution in [0.5, 0.6) is 0 Å². The summed E-state index contributed by atoms with van der Waals surface area (Å²) in [6, 6.07) is 0. The van der Waals surface area contributed by atoms with E-state index in [1.807, 2.05) is 0 Å². The molecule has 0 atom stereocenters. The van der Waals surface area contributed by atoms with E-state index in [1.54, 1.807) is 0 Å². The van der Waals surface area contributed by atoms with Gasteiger partial charge in [0.25, 0.3) is 0 Å². The maximum Gasteiger partial charge on any atom is 0.460 e. The van der Waals surface area contributed by atoms with Crippen LogP contribution in [0.1, 0.15) is 6.42 Å². The summed E-state index contributed by atoms with van der Waals surface area (Å²) >= 11 is 0. The van der Waals surface area contributed by atoms with Crippen LogP contribution >= 0.6 is 0 Å². The fourth-order valence-electron chi connectivity index (χ4n) is 1.72. The molecule has 0 aromatic heterocycles. The molecule has 0 spiro atoms. The smallest absolute Gasteiger partial charge is 0.309 e. The molecule has 18 heteroatoms. The maximum atomic E-state index is 13.4. The summed E-state index contributed by atoms with van der Waals surface area (Å²) in [5.74, 6) is -55.8. The minimum absolute atomic E-state index is 0.590. The van der Waals surface area contributed by atoms with Gasteiger partial charge in [-0.2, -0.15) is 74.6 Å². The van der Waals surface area contributed by atoms with Crippen molar-refractivity contribution in [3.8, 4) is 0 Å². The molecule has 0 amide bonds. The van der Waals surface area contributed by atoms with Gasteiger partial charge in [0.2, 0.25) is 0 Å². The van der Waals surface area contributed by atoms with Crippen LogP contribution in [0.3, 0.4) is 0 Å². The molecule has 0 aliphatic carbocycles. The summed E-state index contributed by atoms with van der Waals surface area (Å²) in [5, 5.41) is 0. The second-order valence-corrected chi connectivity index (χ2v) is 6.20. The van der Waals surface area contributed by atoms with E-state index >= 15 is 0 Å². The molecule has 0 aliphatic rings. The molecule has 0 fully saturated rings. The van der Waals surface area contributed by atoms with Crippen molar-refractivity contribution < 1.29 is 74.6 Å². The predicted octanol–water partition coefficient (Wildman–Crippen LogP) is 5.95. The summed E-state index contributed by atoms with van der Waals surface area (Å²) < 4.78 is 220. The summed E-state index contributed by atoms with van der Waals surface area (Å²) in [5.41, 5.74) is 0. The topological polar surface area (TPSA) is 3.24 Å². The van der Waals surface area contributed by atoms with Crippen molar-refractivity contribution in [2.75, 3.05) is 20.6 Å². The molecule has 0 aliphatic heterocycles. The van der Waals surface area contributed by atoms with Gasteiger partial charge < -0.3 is 4.90 Å². The Kier molecular flexibility index (Phi) is 7.12. The first kappa shape index (κ1) is 28.8. The van der Waals surface area contributed by atoms with E-state index in [2.05, 4.69) is 0 Å². The Morgan fingerprint density at radius 1 is 0.433 bits per heavy atom. The molecule has 0 aromatic carbocycles. The lowest BCUT2D eigenvalue weighted by Crippen LogP contribution is -2.74. The van der Waals surface area contributed by atoms with E-state index in [4.69, 9.17) is 0 Å². The molecule has 0 aromatic rings. The molecule has 30 heavy (non-hydrogen) atoms. The van der Waals surface area contributed by atoms with Gasteiger partial charge in [-0.25, -0.2) is 0 Å². The highest BCUT2D eigenvalue weighted by Gasteiger charge is 2.95. The Balaban J connectivity index is 6.55. The van der Waals surface area contributed by atoms with E-state index < -0.39 is 60.6 Å². The molecule has 182 valence electrons. The fraction of sp³-hybridized carbons (Fsp3) is 1.00. The maximum absolute atomic E-state index is 13.4. The second-order valence-electron chi connectivity index (χ2n) is 6.20. The highest BCUT2D eigenvalue weighted by molar-refractivity contribution is 5.15. The summed E-state index contributed by atoms with van der Waals surface area (Å²) in [6.07, 6.45) is -10.2. The van der Waals surface area contributed by atoms with Crippen LogP contribution in [0.25, 0.3) is 0 Å². The Labute approximate surface area is 155 Å². The normalized spacial score (nSPS) is 16.4. The van der Waals surface area contributed by atoms with E-state index in [9.17, 15) is 74.6 Å². The third-order valence-electron chi connectivity index (χ3n) is 3.66. The lowest BCUT2D eigenvalue weighted by Gasteiger charge is -2.42. The molecule has 0 N–H and O–H groups in total. The zero-order valence-corrected chi connectivity index (χ0v) is 14.3. The quantitative estimate of drug-likeness (QED) is 0.361. The molecular formula is C12H10F17N. The number of rotatable bonds is 9. The molecule has 0 rings (SSSR count). The summed E-state index contributed by atoms with van der Waals surface area (Å²) in [7, 11) is 1.74. The van der Waals surface area contributed by atoms with Gasteiger partial charge in [-0.05, 0) is 14.1 Å². The Bertz CT molecular complexity index is 602. The highest BCUT2D eigenvalue weighted by Crippen LogP contribution is 2.64. The third-order valence-corrected chi connectivity index (χ3v) is 3.66. The molecular weight excluding hydrogens is 481 g/mol. The van der Waals surface area contributed by atoms with Crippen LogP contribution in [0.2, 0.25) is 0 Å². The van der Waals surface area contributed by atoms with Crippen LogP contribution in [0, 0.1) is 0 Å². The summed E-state index contributed by atoms with van der Waals surface area (Å²) in [6.45, 7) is -1.27. The second kappa shape index (κ2) is 7.43. The van der Waals surface area contributed by atoms with E-state index in [-0.39, 0.29) is 0 Å². The highest BCUT2D eigenvalue weighted by atomic mass is 19.4. The summed E-state index contributed by atoms with van der Waals surface area (Å²) in [4.78, 5) is 0.590. The standard InChI is InChI=1S/C12H10F17N/c1-30(2)4-3-5(13,14)6(15,16)7(17,18)8(19,20)9(21,22)10(23,24)11(25,26)12(27,28)29/h3-4H2,1-2H3. The van der Waals surface area contributed by atoms with Crippen molar-refractivity contribution in [1.82, 2.24) is 4.90 Å². The van der Waals surface area contributed by atoms with Gasteiger partial charge in [0.05, 0.1) is 0 Å². The number of hydrogen-bond acceptors (Lipinski definition) is 1. The molecule has 0 heterocycles. The van der Waals surface area contributed by atoms with Gasteiger partial charge in [-0.1, -0.05) is 0 Å². The van der Waals surface area contributed by atoms with Gasteiger partial charge >= 0.3 is 47.6 Å². The first-order chi connectivity index (χ1) is 12.7. The fourth-order valence-corrected chi connectivity index (χ4v) is 1.72. The zero-order valence-electron chi connectivity index (χ0n) is 14.3. The average Bonchev–Trinajstić information content (AvgIpc) is 2.50. The van der Waals surface area contributed by atoms with Gasteiger partial charge in [0.15, 0.2) is 0 Å². The van der Waals surface area contributed by atoms with E-state index in [0.717, 1.165) is 14.1 Å². The van der Waals surface area contributed by atoms with Crippen molar-refractivity contribution in [1.29, 1.82) is 0 Å². The van der Waals surface area contributed by atoms with Crippen molar-refractivity contribution in [2.45, 2.75) is 54.1 Å². The van der Waals surface area contributed by atoms with Crippen LogP contribution in [0.4, 0.5) is 74.6 Å². The predicted molar refractivity (Wildman–Crippen MR) is 63.9 cm³/mol. The number of alkyl halides is 17. The largest absolute Gasteiger partial charge is 0.460 e. The van der Waals surface area contributed by atoms with E-state index in [1.165, 1.54) is 0 Å². The lowest BCUT2D eigenvalue weighted by atomic mass is 9.88. The van der Waals surface area contributed by atoms with Crippen molar-refractivity contribution in [3.05, 3.63) is 0 Å². The lowest BCUT2D eigenvalue weighted by molar-refractivity contribution is -0.461. The van der Waals surface area contributed by atoms with E-state index in [0.29, 0.717) is 4.90 Å². The number of hydrogen-bond donors (Lipinski definition) is 0.